The molecule has 0 bridgehead atoms. The van der Waals surface area contributed by atoms with Gasteiger partial charge >= 0.3 is 6.18 Å². The molecule has 0 aliphatic heterocycles. The Kier molecular flexibility index (Phi) is 7.02. The molecule has 2 atom stereocenters. The van der Waals surface area contributed by atoms with Gasteiger partial charge in [0, 0.05) is 67.3 Å². The van der Waals surface area contributed by atoms with E-state index in [1.165, 1.54) is 0 Å². The summed E-state index contributed by atoms with van der Waals surface area (Å²) in [5.41, 5.74) is 5.51. The van der Waals surface area contributed by atoms with E-state index in [4.69, 9.17) is 5.73 Å². The molecule has 2 unspecified atom stereocenters. The molecule has 18 heavy (non-hydrogen) atoms. The van der Waals surface area contributed by atoms with Crippen LogP contribution in [0.2, 0.25) is 0 Å². The molecule has 2 N–H and O–H groups in total. The van der Waals surface area contributed by atoms with E-state index in [2.05, 4.69) is 15.9 Å². The Morgan fingerprint density at radius 1 is 1.28 bits per heavy atom. The Balaban J connectivity index is 0.00000144. The minimum absolute atomic E-state index is 0. The second-order valence-electron chi connectivity index (χ2n) is 4.33. The van der Waals surface area contributed by atoms with Crippen molar-refractivity contribution in [1.29, 1.82) is 0 Å². The van der Waals surface area contributed by atoms with Crippen molar-refractivity contribution in [2.75, 3.05) is 0 Å². The predicted molar refractivity (Wildman–Crippen MR) is 67.3 cm³/mol. The van der Waals surface area contributed by atoms with Crippen molar-refractivity contribution in [3.63, 3.8) is 0 Å². The van der Waals surface area contributed by atoms with Crippen molar-refractivity contribution < 1.29 is 17.9 Å². The second-order valence-corrected chi connectivity index (χ2v) is 5.25. The molecule has 0 amide bonds. The molecule has 0 spiro atoms. The summed E-state index contributed by atoms with van der Waals surface area (Å²) in [6, 6.07) is 7.28. The van der Waals surface area contributed by atoms with Crippen LogP contribution in [-0.2, 0) is 0 Å². The summed E-state index contributed by atoms with van der Waals surface area (Å²) >= 11 is 3.28. The molecule has 1 fully saturated rings. The normalized spacial score (nSPS) is 25.9. The molecule has 97 valence electrons. The fourth-order valence-corrected chi connectivity index (χ4v) is 2.30. The molecule has 2 rings (SSSR count). The maximum atomic E-state index is 12.3. The quantitative estimate of drug-likeness (QED) is 0.641. The summed E-state index contributed by atoms with van der Waals surface area (Å²) in [6.45, 7) is 0. The maximum Gasteiger partial charge on any atom is 0.390 e. The molecule has 1 nitrogen and oxygen atoms in total. The third-order valence-electron chi connectivity index (χ3n) is 2.92. The molecule has 1 aromatic carbocycles. The number of halogens is 5. The van der Waals surface area contributed by atoms with Crippen molar-refractivity contribution in [3.05, 3.63) is 34.3 Å². The van der Waals surface area contributed by atoms with Crippen LogP contribution in [0.15, 0.2) is 28.7 Å². The van der Waals surface area contributed by atoms with Gasteiger partial charge in [0.2, 0.25) is 0 Å². The second kappa shape index (κ2) is 6.65. The fraction of sp³-hybridized carbons (Fsp3) is 0.455. The van der Waals surface area contributed by atoms with Gasteiger partial charge in [0.15, 0.2) is 0 Å². The number of benzene rings is 1. The summed E-state index contributed by atoms with van der Waals surface area (Å²) in [6.07, 6.45) is -4.67. The molecule has 0 saturated heterocycles. The van der Waals surface area contributed by atoms with E-state index in [-0.39, 0.29) is 62.0 Å². The van der Waals surface area contributed by atoms with Crippen LogP contribution in [0.1, 0.15) is 24.3 Å². The third-order valence-corrected chi connectivity index (χ3v) is 3.45. The van der Waals surface area contributed by atoms with Crippen molar-refractivity contribution >= 4 is 67.3 Å². The Bertz CT molecular complexity index is 395. The van der Waals surface area contributed by atoms with Crippen molar-refractivity contribution in [3.8, 4) is 0 Å². The van der Waals surface area contributed by atoms with Gasteiger partial charge in [-0.05, 0) is 24.1 Å². The van der Waals surface area contributed by atoms with Gasteiger partial charge < -0.3 is 5.73 Å². The predicted octanol–water partition coefficient (Wildman–Crippen LogP) is 3.36. The van der Waals surface area contributed by atoms with Crippen LogP contribution in [0.4, 0.5) is 17.9 Å². The van der Waals surface area contributed by atoms with E-state index in [0.717, 1.165) is 10.0 Å². The van der Waals surface area contributed by atoms with E-state index in [1.54, 1.807) is 0 Å². The standard InChI is InChI=1S/C11H11BrF3N.FH.K/c12-8-3-1-7(2-4-8)9-5-10(9,16)6-11(13,14)15;;/h1-4,9H,5-6,16H2;1H;. The van der Waals surface area contributed by atoms with E-state index in [1.807, 2.05) is 24.3 Å². The van der Waals surface area contributed by atoms with E-state index < -0.39 is 18.1 Å². The van der Waals surface area contributed by atoms with Crippen LogP contribution in [0.3, 0.4) is 0 Å². The van der Waals surface area contributed by atoms with Gasteiger partial charge in [0.1, 0.15) is 0 Å². The minimum Gasteiger partial charge on any atom is -0.324 e. The summed E-state index contributed by atoms with van der Waals surface area (Å²) in [7, 11) is 0. The van der Waals surface area contributed by atoms with Crippen LogP contribution in [0, 0.1) is 0 Å². The van der Waals surface area contributed by atoms with Gasteiger partial charge in [0.05, 0.1) is 6.42 Å². The Hall–Kier alpha value is 1.02. The number of hydrogen-bond acceptors (Lipinski definition) is 1. The molecule has 1 radical (unpaired) electrons. The first-order chi connectivity index (χ1) is 7.30. The van der Waals surface area contributed by atoms with Gasteiger partial charge in [0.25, 0.3) is 0 Å². The Labute approximate surface area is 154 Å². The number of nitrogens with two attached hydrogens (primary N) is 1. The van der Waals surface area contributed by atoms with Gasteiger partial charge in [-0.3, -0.25) is 4.70 Å². The summed E-state index contributed by atoms with van der Waals surface area (Å²) < 4.78 is 37.7. The molecule has 0 heterocycles. The van der Waals surface area contributed by atoms with Crippen LogP contribution in [0.5, 0.6) is 0 Å². The SMILES string of the molecule is F.NC1(CC(F)(F)F)CC1c1ccc(Br)cc1.[K]. The molecule has 0 aromatic heterocycles. The zero-order valence-electron chi connectivity index (χ0n) is 9.80. The van der Waals surface area contributed by atoms with Crippen LogP contribution in [-0.4, -0.2) is 63.1 Å². The van der Waals surface area contributed by atoms with E-state index >= 15 is 0 Å². The first kappa shape index (κ1) is 19.0. The third kappa shape index (κ3) is 4.84. The monoisotopic (exact) mass is 352 g/mol. The molecule has 1 aliphatic carbocycles. The molecular formula is C11H12BrF4KN. The number of hydrogen-bond donors (Lipinski definition) is 1. The zero-order valence-corrected chi connectivity index (χ0v) is 14.5. The largest absolute Gasteiger partial charge is 0.390 e. The summed E-state index contributed by atoms with van der Waals surface area (Å²) in [4.78, 5) is 0. The molecule has 7 heteroatoms. The van der Waals surface area contributed by atoms with Gasteiger partial charge in [-0.2, -0.15) is 13.2 Å². The van der Waals surface area contributed by atoms with Crippen LogP contribution >= 0.6 is 15.9 Å². The Morgan fingerprint density at radius 3 is 2.22 bits per heavy atom. The fourth-order valence-electron chi connectivity index (χ4n) is 2.03. The van der Waals surface area contributed by atoms with Crippen molar-refractivity contribution in [2.24, 2.45) is 5.73 Å². The van der Waals surface area contributed by atoms with Gasteiger partial charge in [-0.1, -0.05) is 28.1 Å². The molecule has 1 aliphatic rings. The number of rotatable bonds is 2. The first-order valence-electron chi connectivity index (χ1n) is 4.91. The average Bonchev–Trinajstić information content (AvgIpc) is 2.75. The van der Waals surface area contributed by atoms with Crippen molar-refractivity contribution in [2.45, 2.75) is 30.5 Å². The first-order valence-corrected chi connectivity index (χ1v) is 5.71. The average molecular weight is 353 g/mol. The van der Waals surface area contributed by atoms with Gasteiger partial charge in [-0.25, -0.2) is 0 Å². The summed E-state index contributed by atoms with van der Waals surface area (Å²) in [5, 5.41) is 0. The molecule has 1 saturated carbocycles. The molecular weight excluding hydrogens is 341 g/mol. The summed E-state index contributed by atoms with van der Waals surface area (Å²) in [5.74, 6) is -0.165. The minimum atomic E-state index is -4.18. The van der Waals surface area contributed by atoms with Crippen molar-refractivity contribution in [1.82, 2.24) is 0 Å². The smallest absolute Gasteiger partial charge is 0.324 e. The maximum absolute atomic E-state index is 12.3. The van der Waals surface area contributed by atoms with E-state index in [9.17, 15) is 13.2 Å². The molecule has 1 aromatic rings. The van der Waals surface area contributed by atoms with Crippen LogP contribution < -0.4 is 5.73 Å². The Morgan fingerprint density at radius 2 is 1.78 bits per heavy atom. The van der Waals surface area contributed by atoms with E-state index in [0.29, 0.717) is 6.42 Å². The van der Waals surface area contributed by atoms with Gasteiger partial charge in [-0.15, -0.1) is 0 Å². The number of alkyl halides is 3. The van der Waals surface area contributed by atoms with Crippen LogP contribution in [0.25, 0.3) is 0 Å². The topological polar surface area (TPSA) is 26.0 Å². The zero-order chi connectivity index (χ0) is 12.0.